The molecule has 0 amide bonds. The molecule has 1 atom stereocenters. The summed E-state index contributed by atoms with van der Waals surface area (Å²) in [4.78, 5) is 0. The smallest absolute Gasteiger partial charge is 0.748 e. The van der Waals surface area contributed by atoms with Gasteiger partial charge in [0.1, 0.15) is 0 Å². The van der Waals surface area contributed by atoms with E-state index < -0.39 is 15.4 Å². The van der Waals surface area contributed by atoms with Crippen LogP contribution in [0.1, 0.15) is 65.2 Å². The van der Waals surface area contributed by atoms with Crippen LogP contribution in [0.5, 0.6) is 0 Å². The summed E-state index contributed by atoms with van der Waals surface area (Å²) in [5, 5.41) is 2.41. The minimum absolute atomic E-state index is 0. The van der Waals surface area contributed by atoms with E-state index in [4.69, 9.17) is 0 Å². The molecule has 110 valence electrons. The second-order valence-electron chi connectivity index (χ2n) is 4.96. The molecule has 0 aliphatic heterocycles. The number of rotatable bonds is 12. The van der Waals surface area contributed by atoms with E-state index in [1.54, 1.807) is 0 Å². The first-order valence-corrected chi connectivity index (χ1v) is 8.61. The average molecular weight is 301 g/mol. The van der Waals surface area contributed by atoms with Crippen LogP contribution in [-0.2, 0) is 10.1 Å². The first-order chi connectivity index (χ1) is 8.48. The van der Waals surface area contributed by atoms with Gasteiger partial charge in [-0.15, -0.1) is 0 Å². The number of nitrogens with one attached hydrogen (secondary N) is 1. The molecule has 1 unspecified atom stereocenters. The van der Waals surface area contributed by atoms with E-state index in [-0.39, 0.29) is 29.6 Å². The van der Waals surface area contributed by atoms with Crippen molar-refractivity contribution in [2.24, 2.45) is 0 Å². The third kappa shape index (κ3) is 15.1. The zero-order chi connectivity index (χ0) is 13.9. The standard InChI is InChI=1S/C13H29NO3S.Na/c1-3-4-5-6-7-8-9-11-14-12-10-13(2)18(15,16)17;/h13-14H,3-12H2,1-2H3,(H,15,16,17);/q;+1/p-1. The van der Waals surface area contributed by atoms with E-state index in [9.17, 15) is 13.0 Å². The van der Waals surface area contributed by atoms with Gasteiger partial charge in [0.15, 0.2) is 0 Å². The first-order valence-electron chi connectivity index (χ1n) is 7.14. The maximum atomic E-state index is 10.6. The monoisotopic (exact) mass is 301 g/mol. The number of hydrogen-bond acceptors (Lipinski definition) is 4. The van der Waals surface area contributed by atoms with Gasteiger partial charge in [-0.2, -0.15) is 0 Å². The molecule has 0 rings (SSSR count). The molecule has 0 heterocycles. The molecule has 19 heavy (non-hydrogen) atoms. The normalized spacial score (nSPS) is 13.0. The van der Waals surface area contributed by atoms with E-state index in [2.05, 4.69) is 12.2 Å². The van der Waals surface area contributed by atoms with Gasteiger partial charge in [-0.05, 0) is 32.9 Å². The van der Waals surface area contributed by atoms with Crippen LogP contribution in [0.15, 0.2) is 0 Å². The molecule has 0 saturated carbocycles. The Balaban J connectivity index is 0. The summed E-state index contributed by atoms with van der Waals surface area (Å²) in [6.07, 6.45) is 9.32. The molecule has 0 saturated heterocycles. The fraction of sp³-hybridized carbons (Fsp3) is 1.00. The second kappa shape index (κ2) is 13.8. The van der Waals surface area contributed by atoms with E-state index in [1.807, 2.05) is 0 Å². The predicted octanol–water partition coefficient (Wildman–Crippen LogP) is -0.346. The third-order valence-electron chi connectivity index (χ3n) is 3.18. The summed E-state index contributed by atoms with van der Waals surface area (Å²) in [6.45, 7) is 5.21. The molecule has 0 aromatic heterocycles. The molecule has 0 aromatic rings. The van der Waals surface area contributed by atoms with Crippen molar-refractivity contribution in [3.05, 3.63) is 0 Å². The van der Waals surface area contributed by atoms with Crippen molar-refractivity contribution in [3.8, 4) is 0 Å². The molecule has 0 fully saturated rings. The fourth-order valence-electron chi connectivity index (χ4n) is 1.78. The third-order valence-corrected chi connectivity index (χ3v) is 4.40. The summed E-state index contributed by atoms with van der Waals surface area (Å²) in [5.74, 6) is 0. The average Bonchev–Trinajstić information content (AvgIpc) is 2.30. The zero-order valence-electron chi connectivity index (χ0n) is 12.8. The maximum absolute atomic E-state index is 10.6. The molecular weight excluding hydrogens is 273 g/mol. The Morgan fingerprint density at radius 3 is 2.05 bits per heavy atom. The van der Waals surface area contributed by atoms with Gasteiger partial charge in [0.05, 0.1) is 10.1 Å². The summed E-state index contributed by atoms with van der Waals surface area (Å²) < 4.78 is 31.9. The van der Waals surface area contributed by atoms with E-state index in [0.29, 0.717) is 13.0 Å². The number of hydrogen-bond donors (Lipinski definition) is 1. The van der Waals surface area contributed by atoms with Gasteiger partial charge in [0, 0.05) is 5.25 Å². The van der Waals surface area contributed by atoms with Gasteiger partial charge < -0.3 is 9.87 Å². The van der Waals surface area contributed by atoms with Crippen molar-refractivity contribution in [2.75, 3.05) is 13.1 Å². The van der Waals surface area contributed by atoms with Crippen molar-refractivity contribution in [3.63, 3.8) is 0 Å². The van der Waals surface area contributed by atoms with Gasteiger partial charge in [0.2, 0.25) is 0 Å². The molecule has 0 radical (unpaired) electrons. The van der Waals surface area contributed by atoms with Gasteiger partial charge in [-0.3, -0.25) is 0 Å². The van der Waals surface area contributed by atoms with Crippen LogP contribution >= 0.6 is 0 Å². The summed E-state index contributed by atoms with van der Waals surface area (Å²) in [6, 6.07) is 0. The molecule has 1 N–H and O–H groups in total. The SMILES string of the molecule is CCCCCCCCCNCCC(C)S(=O)(=O)[O-].[Na+]. The Kier molecular flexibility index (Phi) is 16.1. The summed E-state index contributed by atoms with van der Waals surface area (Å²) in [5.41, 5.74) is 0. The Morgan fingerprint density at radius 2 is 1.53 bits per heavy atom. The van der Waals surface area contributed by atoms with E-state index in [0.717, 1.165) is 13.0 Å². The van der Waals surface area contributed by atoms with Gasteiger partial charge in [-0.25, -0.2) is 8.42 Å². The molecule has 0 spiro atoms. The van der Waals surface area contributed by atoms with Crippen LogP contribution in [0.3, 0.4) is 0 Å². The maximum Gasteiger partial charge on any atom is 1.00 e. The molecule has 4 nitrogen and oxygen atoms in total. The second-order valence-corrected chi connectivity index (χ2v) is 6.75. The van der Waals surface area contributed by atoms with Crippen molar-refractivity contribution in [1.82, 2.24) is 5.32 Å². The van der Waals surface area contributed by atoms with Crippen LogP contribution in [0.4, 0.5) is 0 Å². The molecule has 0 aliphatic rings. The van der Waals surface area contributed by atoms with Crippen molar-refractivity contribution >= 4 is 10.1 Å². The van der Waals surface area contributed by atoms with Gasteiger partial charge in [-0.1, -0.05) is 45.4 Å². The molecule has 6 heteroatoms. The molecule has 0 bridgehead atoms. The minimum atomic E-state index is -4.10. The summed E-state index contributed by atoms with van der Waals surface area (Å²) in [7, 11) is -4.10. The Hall–Kier alpha value is 0.870. The zero-order valence-corrected chi connectivity index (χ0v) is 15.6. The Labute approximate surface area is 141 Å². The van der Waals surface area contributed by atoms with Crippen LogP contribution in [0.2, 0.25) is 0 Å². The Bertz CT molecular complexity index is 284. The fourth-order valence-corrected chi connectivity index (χ4v) is 2.19. The van der Waals surface area contributed by atoms with Gasteiger partial charge >= 0.3 is 29.6 Å². The summed E-state index contributed by atoms with van der Waals surface area (Å²) >= 11 is 0. The van der Waals surface area contributed by atoms with E-state index >= 15 is 0 Å². The van der Waals surface area contributed by atoms with Crippen LogP contribution in [-0.4, -0.2) is 31.3 Å². The van der Waals surface area contributed by atoms with Crippen molar-refractivity contribution in [1.29, 1.82) is 0 Å². The van der Waals surface area contributed by atoms with Crippen LogP contribution < -0.4 is 34.9 Å². The first kappa shape index (κ1) is 22.2. The number of unbranched alkanes of at least 4 members (excludes halogenated alkanes) is 6. The van der Waals surface area contributed by atoms with Crippen molar-refractivity contribution < 1.29 is 42.5 Å². The predicted molar refractivity (Wildman–Crippen MR) is 74.6 cm³/mol. The van der Waals surface area contributed by atoms with Crippen LogP contribution in [0, 0.1) is 0 Å². The quantitative estimate of drug-likeness (QED) is 0.304. The minimum Gasteiger partial charge on any atom is -0.748 e. The van der Waals surface area contributed by atoms with Gasteiger partial charge in [0.25, 0.3) is 0 Å². The van der Waals surface area contributed by atoms with E-state index in [1.165, 1.54) is 45.4 Å². The van der Waals surface area contributed by atoms with Crippen molar-refractivity contribution in [2.45, 2.75) is 70.5 Å². The van der Waals surface area contributed by atoms with Crippen LogP contribution in [0.25, 0.3) is 0 Å². The molecule has 0 aliphatic carbocycles. The largest absolute Gasteiger partial charge is 1.00 e. The molecular formula is C13H28NNaO3S. The molecule has 0 aromatic carbocycles. The topological polar surface area (TPSA) is 69.2 Å². The Morgan fingerprint density at radius 1 is 1.00 bits per heavy atom.